The molecular weight excluding hydrogens is 366 g/mol. The van der Waals surface area contributed by atoms with Gasteiger partial charge in [-0.15, -0.1) is 0 Å². The second-order valence-corrected chi connectivity index (χ2v) is 9.40. The molecule has 0 bridgehead atoms. The lowest BCUT2D eigenvalue weighted by atomic mass is 9.98. The molecule has 1 aliphatic rings. The zero-order chi connectivity index (χ0) is 20.2. The van der Waals surface area contributed by atoms with Crippen molar-refractivity contribution in [2.75, 3.05) is 18.1 Å². The number of hydrogen-bond acceptors (Lipinski definition) is 5. The van der Waals surface area contributed by atoms with Crippen LogP contribution < -0.4 is 5.56 Å². The molecule has 1 aromatic heterocycles. The van der Waals surface area contributed by atoms with Crippen LogP contribution in [0.3, 0.4) is 0 Å². The number of aryl methyl sites for hydroxylation is 1. The summed E-state index contributed by atoms with van der Waals surface area (Å²) in [6, 6.07) is 1.67. The van der Waals surface area contributed by atoms with Crippen molar-refractivity contribution in [3.8, 4) is 6.07 Å². The Morgan fingerprint density at radius 1 is 1.37 bits per heavy atom. The minimum absolute atomic E-state index is 0.0394. The van der Waals surface area contributed by atoms with Crippen LogP contribution in [0.5, 0.6) is 0 Å². The van der Waals surface area contributed by atoms with E-state index in [0.717, 1.165) is 18.4 Å². The van der Waals surface area contributed by atoms with E-state index in [9.17, 15) is 18.0 Å². The standard InChI is InChI=1S/C19H27N3O4S/c1-4-5-9-22(15-8-10-27(25,26)12-15)18(23)7-6-16-13(2)17(11-20)19(24)21-14(16)3/h15H,4-10,12H2,1-3H3,(H,21,24). The third kappa shape index (κ3) is 4.98. The number of aromatic amines is 1. The first kappa shape index (κ1) is 21.2. The number of nitriles is 1. The number of pyridine rings is 1. The Labute approximate surface area is 160 Å². The van der Waals surface area contributed by atoms with Crippen LogP contribution in [-0.4, -0.2) is 48.3 Å². The first-order valence-corrected chi connectivity index (χ1v) is 11.1. The second-order valence-electron chi connectivity index (χ2n) is 7.17. The summed E-state index contributed by atoms with van der Waals surface area (Å²) in [6.45, 7) is 6.07. The molecule has 0 radical (unpaired) electrons. The number of sulfone groups is 1. The highest BCUT2D eigenvalue weighted by Crippen LogP contribution is 2.21. The summed E-state index contributed by atoms with van der Waals surface area (Å²) < 4.78 is 23.6. The van der Waals surface area contributed by atoms with Crippen LogP contribution in [0.15, 0.2) is 4.79 Å². The Morgan fingerprint density at radius 2 is 2.07 bits per heavy atom. The number of carbonyl (C=O) groups excluding carboxylic acids is 1. The third-order valence-electron chi connectivity index (χ3n) is 5.23. The van der Waals surface area contributed by atoms with Gasteiger partial charge < -0.3 is 9.88 Å². The number of H-pyrrole nitrogens is 1. The Kier molecular flexibility index (Phi) is 6.82. The van der Waals surface area contributed by atoms with Crippen molar-refractivity contribution < 1.29 is 13.2 Å². The van der Waals surface area contributed by atoms with Crippen molar-refractivity contribution in [1.29, 1.82) is 5.26 Å². The first-order chi connectivity index (χ1) is 12.7. The van der Waals surface area contributed by atoms with Crippen molar-refractivity contribution in [2.45, 2.75) is 58.9 Å². The molecule has 1 aromatic rings. The maximum atomic E-state index is 12.9. The molecule has 0 saturated carbocycles. The molecule has 1 unspecified atom stereocenters. The van der Waals surface area contributed by atoms with E-state index in [0.29, 0.717) is 30.6 Å². The minimum Gasteiger partial charge on any atom is -0.339 e. The SMILES string of the molecule is CCCCN(C(=O)CCc1c(C)[nH]c(=O)c(C#N)c1C)C1CCS(=O)(=O)C1. The first-order valence-electron chi connectivity index (χ1n) is 9.32. The highest BCUT2D eigenvalue weighted by atomic mass is 32.2. The van der Waals surface area contributed by atoms with Gasteiger partial charge in [0.1, 0.15) is 11.6 Å². The minimum atomic E-state index is -3.06. The molecule has 1 saturated heterocycles. The van der Waals surface area contributed by atoms with Crippen LogP contribution in [0.4, 0.5) is 0 Å². The predicted molar refractivity (Wildman–Crippen MR) is 103 cm³/mol. The Bertz CT molecular complexity index is 912. The molecule has 0 aromatic carbocycles. The molecule has 1 fully saturated rings. The fourth-order valence-corrected chi connectivity index (χ4v) is 5.39. The van der Waals surface area contributed by atoms with Gasteiger partial charge in [0.2, 0.25) is 5.91 Å². The van der Waals surface area contributed by atoms with E-state index in [-0.39, 0.29) is 35.4 Å². The number of rotatable bonds is 7. The number of hydrogen-bond donors (Lipinski definition) is 1. The van der Waals surface area contributed by atoms with Gasteiger partial charge in [-0.1, -0.05) is 13.3 Å². The second kappa shape index (κ2) is 8.70. The monoisotopic (exact) mass is 393 g/mol. The van der Waals surface area contributed by atoms with E-state index in [2.05, 4.69) is 4.98 Å². The number of nitrogens with one attached hydrogen (secondary N) is 1. The maximum Gasteiger partial charge on any atom is 0.266 e. The zero-order valence-electron chi connectivity index (χ0n) is 16.2. The van der Waals surface area contributed by atoms with Gasteiger partial charge in [-0.25, -0.2) is 8.42 Å². The number of carbonyl (C=O) groups is 1. The average molecular weight is 394 g/mol. The predicted octanol–water partition coefficient (Wildman–Crippen LogP) is 1.61. The van der Waals surface area contributed by atoms with Gasteiger partial charge in [-0.2, -0.15) is 5.26 Å². The van der Waals surface area contributed by atoms with E-state index >= 15 is 0 Å². The summed E-state index contributed by atoms with van der Waals surface area (Å²) in [5.41, 5.74) is 1.73. The molecule has 148 valence electrons. The molecule has 27 heavy (non-hydrogen) atoms. The van der Waals surface area contributed by atoms with E-state index < -0.39 is 15.4 Å². The molecule has 1 amide bonds. The molecule has 8 heteroatoms. The third-order valence-corrected chi connectivity index (χ3v) is 6.98. The van der Waals surface area contributed by atoms with Crippen LogP contribution in [0.2, 0.25) is 0 Å². The fraction of sp³-hybridized carbons (Fsp3) is 0.632. The molecular formula is C19H27N3O4S. The highest BCUT2D eigenvalue weighted by Gasteiger charge is 2.34. The van der Waals surface area contributed by atoms with Crippen LogP contribution in [0.25, 0.3) is 0 Å². The van der Waals surface area contributed by atoms with Gasteiger partial charge in [0.25, 0.3) is 5.56 Å². The Balaban J connectivity index is 2.17. The topological polar surface area (TPSA) is 111 Å². The van der Waals surface area contributed by atoms with Crippen LogP contribution in [-0.2, 0) is 21.1 Å². The van der Waals surface area contributed by atoms with Crippen molar-refractivity contribution in [3.63, 3.8) is 0 Å². The number of aromatic nitrogens is 1. The molecule has 2 rings (SSSR count). The van der Waals surface area contributed by atoms with Crippen LogP contribution in [0.1, 0.15) is 55.0 Å². The van der Waals surface area contributed by atoms with Crippen LogP contribution in [0, 0.1) is 25.2 Å². The Morgan fingerprint density at radius 3 is 2.63 bits per heavy atom. The fourth-order valence-electron chi connectivity index (χ4n) is 3.66. The molecule has 0 spiro atoms. The van der Waals surface area contributed by atoms with E-state index in [1.165, 1.54) is 0 Å². The molecule has 1 atom stereocenters. The van der Waals surface area contributed by atoms with Gasteiger partial charge in [0.15, 0.2) is 9.84 Å². The number of nitrogens with zero attached hydrogens (tertiary/aromatic N) is 2. The van der Waals surface area contributed by atoms with Crippen molar-refractivity contribution in [3.05, 3.63) is 32.7 Å². The van der Waals surface area contributed by atoms with Gasteiger partial charge >= 0.3 is 0 Å². The molecule has 2 heterocycles. The number of unbranched alkanes of at least 4 members (excludes halogenated alkanes) is 1. The molecule has 7 nitrogen and oxygen atoms in total. The number of amides is 1. The molecule has 1 N–H and O–H groups in total. The van der Waals surface area contributed by atoms with Crippen molar-refractivity contribution in [1.82, 2.24) is 9.88 Å². The summed E-state index contributed by atoms with van der Waals surface area (Å²) >= 11 is 0. The quantitative estimate of drug-likeness (QED) is 0.756. The summed E-state index contributed by atoms with van der Waals surface area (Å²) in [5, 5.41) is 9.17. The summed E-state index contributed by atoms with van der Waals surface area (Å²) in [5.74, 6) is 0.101. The van der Waals surface area contributed by atoms with E-state index in [1.807, 2.05) is 13.0 Å². The average Bonchev–Trinajstić information content (AvgIpc) is 2.94. The molecule has 1 aliphatic heterocycles. The molecule has 0 aliphatic carbocycles. The van der Waals surface area contributed by atoms with Gasteiger partial charge in [0, 0.05) is 24.7 Å². The van der Waals surface area contributed by atoms with Gasteiger partial charge in [-0.3, -0.25) is 9.59 Å². The smallest absolute Gasteiger partial charge is 0.266 e. The van der Waals surface area contributed by atoms with E-state index in [4.69, 9.17) is 5.26 Å². The highest BCUT2D eigenvalue weighted by molar-refractivity contribution is 7.91. The Hall–Kier alpha value is -2.14. The van der Waals surface area contributed by atoms with Gasteiger partial charge in [-0.05, 0) is 44.2 Å². The lowest BCUT2D eigenvalue weighted by Gasteiger charge is -2.28. The van der Waals surface area contributed by atoms with Gasteiger partial charge in [0.05, 0.1) is 11.5 Å². The lowest BCUT2D eigenvalue weighted by Crippen LogP contribution is -2.42. The van der Waals surface area contributed by atoms with E-state index in [1.54, 1.807) is 18.7 Å². The van der Waals surface area contributed by atoms with Crippen molar-refractivity contribution in [2.24, 2.45) is 0 Å². The summed E-state index contributed by atoms with van der Waals surface area (Å²) in [4.78, 5) is 29.1. The zero-order valence-corrected chi connectivity index (χ0v) is 17.0. The lowest BCUT2D eigenvalue weighted by molar-refractivity contribution is -0.133. The van der Waals surface area contributed by atoms with Crippen LogP contribution >= 0.6 is 0 Å². The summed E-state index contributed by atoms with van der Waals surface area (Å²) in [7, 11) is -3.06. The normalized spacial score (nSPS) is 18.2. The maximum absolute atomic E-state index is 12.9. The largest absolute Gasteiger partial charge is 0.339 e. The van der Waals surface area contributed by atoms with Crippen molar-refractivity contribution >= 4 is 15.7 Å². The summed E-state index contributed by atoms with van der Waals surface area (Å²) in [6.07, 6.45) is 2.88.